The maximum Gasteiger partial charge on any atom is 0.460 e. The summed E-state index contributed by atoms with van der Waals surface area (Å²) in [6.45, 7) is 16.4. The van der Waals surface area contributed by atoms with Crippen molar-refractivity contribution >= 4 is 71.6 Å². The largest absolute Gasteiger partial charge is 0.465 e. The molecule has 24 nitrogen and oxygen atoms in total. The number of halogens is 38. The van der Waals surface area contributed by atoms with E-state index in [0.717, 1.165) is 0 Å². The second-order valence-corrected chi connectivity index (χ2v) is 36.3. The van der Waals surface area contributed by atoms with Gasteiger partial charge in [0.2, 0.25) is 0 Å². The minimum atomic E-state index is -7.04. The number of hydrogen-bond acceptors (Lipinski definition) is 24. The van der Waals surface area contributed by atoms with Gasteiger partial charge in [-0.2, -0.15) is 167 Å². The van der Waals surface area contributed by atoms with Gasteiger partial charge in [0.1, 0.15) is 30.0 Å². The van der Waals surface area contributed by atoms with Gasteiger partial charge < -0.3 is 56.8 Å². The third-order valence-corrected chi connectivity index (χ3v) is 23.8. The molecule has 0 heterocycles. The second-order valence-electron chi connectivity index (χ2n) is 36.3. The number of ether oxygens (including phenoxy) is 12. The third-order valence-electron chi connectivity index (χ3n) is 23.8. The molecule has 0 aliphatic heterocycles. The highest BCUT2D eigenvalue weighted by atomic mass is 19.5. The van der Waals surface area contributed by atoms with E-state index in [-0.39, 0.29) is 123 Å². The summed E-state index contributed by atoms with van der Waals surface area (Å²) in [5.41, 5.74) is -1.69. The normalized spacial score (nSPS) is 23.1. The van der Waals surface area contributed by atoms with Gasteiger partial charge in [0, 0.05) is 34.3 Å². The van der Waals surface area contributed by atoms with Gasteiger partial charge in [0.25, 0.3) is 6.10 Å². The number of carbonyl (C=O) groups is 12. The van der Waals surface area contributed by atoms with Gasteiger partial charge in [-0.05, 0) is 181 Å². The van der Waals surface area contributed by atoms with E-state index >= 15 is 0 Å². The first kappa shape index (κ1) is 134. The van der Waals surface area contributed by atoms with Gasteiger partial charge >= 0.3 is 168 Å². The van der Waals surface area contributed by atoms with Crippen LogP contribution in [0.2, 0.25) is 0 Å². The van der Waals surface area contributed by atoms with Crippen molar-refractivity contribution in [1.29, 1.82) is 0 Å². The first-order valence-corrected chi connectivity index (χ1v) is 44.4. The van der Waals surface area contributed by atoms with E-state index in [4.69, 9.17) is 23.7 Å². The average Bonchev–Trinajstić information content (AvgIpc) is 0.709. The number of alkyl halides is 38. The van der Waals surface area contributed by atoms with Gasteiger partial charge in [-0.3, -0.25) is 24.0 Å². The van der Waals surface area contributed by atoms with Gasteiger partial charge in [0.05, 0.1) is 81.2 Å². The molecule has 8 aliphatic carbocycles. The quantitative estimate of drug-likeness (QED) is 0.0240. The summed E-state index contributed by atoms with van der Waals surface area (Å²) < 4.78 is 538. The molecule has 8 saturated carbocycles. The Morgan fingerprint density at radius 2 is 0.500 bits per heavy atom. The molecule has 4 bridgehead atoms. The van der Waals surface area contributed by atoms with Crippen LogP contribution >= 0.6 is 0 Å². The number of hydrogen-bond donors (Lipinski definition) is 0. The Morgan fingerprint density at radius 1 is 0.280 bits per heavy atom. The molecule has 0 spiro atoms. The highest BCUT2D eigenvalue weighted by Crippen LogP contribution is 2.65. The van der Waals surface area contributed by atoms with Crippen LogP contribution < -0.4 is 0 Å². The van der Waals surface area contributed by atoms with Crippen molar-refractivity contribution < 1.29 is 281 Å². The van der Waals surface area contributed by atoms with E-state index < -0.39 is 298 Å². The Hall–Kier alpha value is -10.3. The summed E-state index contributed by atoms with van der Waals surface area (Å²) in [4.78, 5) is 141. The zero-order valence-electron chi connectivity index (χ0n) is 79.2. The highest BCUT2D eigenvalue weighted by molar-refractivity contribution is 5.89. The van der Waals surface area contributed by atoms with Crippen molar-refractivity contribution in [2.75, 3.05) is 39.6 Å². The fraction of sp³-hybridized carbons (Fsp3) is 0.750. The smallest absolute Gasteiger partial charge is 0.460 e. The molecular formula is C88H100F38O24. The van der Waals surface area contributed by atoms with Crippen molar-refractivity contribution in [3.05, 3.63) is 60.8 Å². The zero-order valence-corrected chi connectivity index (χ0v) is 79.2. The lowest BCUT2D eigenvalue weighted by atomic mass is 9.48. The maximum absolute atomic E-state index is 13.4. The molecule has 0 aromatic rings. The molecule has 8 aliphatic rings. The number of rotatable bonds is 38. The summed E-state index contributed by atoms with van der Waals surface area (Å²) in [6, 6.07) is 0. The molecule has 0 aromatic carbocycles. The molecule has 0 amide bonds. The van der Waals surface area contributed by atoms with Crippen LogP contribution in [0.15, 0.2) is 60.8 Å². The summed E-state index contributed by atoms with van der Waals surface area (Å²) in [7, 11) is 0. The van der Waals surface area contributed by atoms with Crippen molar-refractivity contribution in [2.24, 2.45) is 40.9 Å². The molecule has 62 heteroatoms. The van der Waals surface area contributed by atoms with Crippen molar-refractivity contribution in [1.82, 2.24) is 0 Å². The lowest BCUT2D eigenvalue weighted by Gasteiger charge is -2.59. The number of esters is 12. The monoisotopic (exact) mass is 2260 g/mol. The average molecular weight is 2260 g/mol. The summed E-state index contributed by atoms with van der Waals surface area (Å²) >= 11 is 0. The highest BCUT2D eigenvalue weighted by Gasteiger charge is 2.83. The predicted molar refractivity (Wildman–Crippen MR) is 427 cm³/mol. The molecule has 2 unspecified atom stereocenters. The molecule has 8 rings (SSSR count). The van der Waals surface area contributed by atoms with Gasteiger partial charge in [-0.1, -0.05) is 32.9 Å². The maximum atomic E-state index is 13.4. The Bertz CT molecular complexity index is 4660. The van der Waals surface area contributed by atoms with E-state index in [1.54, 1.807) is 0 Å². The van der Waals surface area contributed by atoms with Crippen molar-refractivity contribution in [2.45, 2.75) is 334 Å². The molecule has 862 valence electrons. The van der Waals surface area contributed by atoms with Crippen molar-refractivity contribution in [3.8, 4) is 0 Å². The molecule has 0 saturated heterocycles. The fourth-order valence-electron chi connectivity index (χ4n) is 15.9. The lowest BCUT2D eigenvalue weighted by molar-refractivity contribution is -0.397. The van der Waals surface area contributed by atoms with Crippen molar-refractivity contribution in [3.63, 3.8) is 0 Å². The summed E-state index contributed by atoms with van der Waals surface area (Å²) in [6.07, 6.45) is -47.3. The molecule has 0 radical (unpaired) electrons. The summed E-state index contributed by atoms with van der Waals surface area (Å²) in [5.74, 6) is -77.1. The van der Waals surface area contributed by atoms with E-state index in [1.807, 2.05) is 0 Å². The third kappa shape index (κ3) is 36.2. The van der Waals surface area contributed by atoms with Crippen LogP contribution in [0.25, 0.3) is 0 Å². The first-order chi connectivity index (χ1) is 67.7. The molecular weight excluding hydrogens is 2160 g/mol. The van der Waals surface area contributed by atoms with Gasteiger partial charge in [0.15, 0.2) is 13.2 Å². The Labute approximate surface area is 826 Å². The summed E-state index contributed by atoms with van der Waals surface area (Å²) in [5, 5.41) is 0. The molecule has 0 N–H and O–H groups in total. The van der Waals surface area contributed by atoms with Crippen LogP contribution in [-0.2, 0) is 114 Å². The lowest BCUT2D eigenvalue weighted by Crippen LogP contribution is -2.61. The van der Waals surface area contributed by atoms with E-state index in [2.05, 4.69) is 66.1 Å². The standard InChI is InChI=1S/C19H21F9O6.C18H21F7O6.C18H20F6O4.C17H19F9O4.C16H19F7O4/c1-10(2)14(30)34-12-5-3-11(4-6-12)15(31)33-9-13(29)32-8-7-16(20,21)17(22,23)18(24,25)19(26,27)28;1-10(2)14(27)31-12-5-3-11(4-6-12)15(28)30-9-13(26)29-8-7-16(19,20)17(21,22)18(23,24)25;1-9(2)12(25)28-16-6-10-3-11(7-16)5-15(4-10,8-16)14(26)27-13(17(19,20)21)18(22,23)24;1-9(2)12(27)30-11-5-3-10(4-6-11)13(28)29-8-7-14(18,19)15(20,21)16(22,23)17(24,25)26;1-9(2)12(24)27-11-5-3-10(4-6-11)13(25)26-8-7-14(17,18)15(19,20)16(21,22)23/h11-12H,1,3-9H2,2H3;11-12H,1,3-9H2,2H3;10-11,13H,1,3-8H2,2H3;10-11H,1,3-8H2,2H3;10-11H,1,3-8H2,2H3. The molecule has 2 atom stereocenters. The molecule has 8 fully saturated rings. The van der Waals surface area contributed by atoms with Crippen LogP contribution in [0.1, 0.15) is 202 Å². The molecule has 150 heavy (non-hydrogen) atoms. The van der Waals surface area contributed by atoms with Crippen LogP contribution in [0.3, 0.4) is 0 Å². The SMILES string of the molecule is C=C(C)C(=O)OC12CC3CC(C1)CC(C(=O)OC(C(F)(F)F)C(F)(F)F)(C3)C2.C=C(C)C(=O)OC1CCC(C(=O)OCC(=O)OCCC(F)(F)C(F)(F)C(F)(F)C(F)(F)F)CC1.C=C(C)C(=O)OC1CCC(C(=O)OCC(=O)OCCC(F)(F)C(F)(F)C(F)(F)F)CC1.C=C(C)C(=O)OC1CCC(C(=O)OCCC(F)(F)C(F)(F)C(F)(F)C(F)(F)F)CC1.C=C(C)C(=O)OC1CCC(C(=O)OCCC(F)(F)C(F)(F)C(F)(F)F)CC1. The van der Waals surface area contributed by atoms with E-state index in [1.165, 1.54) is 34.6 Å². The van der Waals surface area contributed by atoms with Crippen LogP contribution in [0, 0.1) is 40.9 Å². The Morgan fingerprint density at radius 3 is 0.720 bits per heavy atom. The minimum Gasteiger partial charge on any atom is -0.465 e. The fourth-order valence-corrected chi connectivity index (χ4v) is 15.9. The van der Waals surface area contributed by atoms with Crippen LogP contribution in [0.5, 0.6) is 0 Å². The number of carbonyl (C=O) groups excluding carboxylic acids is 12. The van der Waals surface area contributed by atoms with Crippen LogP contribution in [-0.4, -0.2) is 244 Å². The Kier molecular flexibility index (Phi) is 46.0. The minimum absolute atomic E-state index is 0.103. The Balaban J connectivity index is 0.000000482. The second kappa shape index (κ2) is 51.6. The molecule has 0 aromatic heterocycles. The topological polar surface area (TPSA) is 316 Å². The van der Waals surface area contributed by atoms with E-state index in [0.29, 0.717) is 57.8 Å². The van der Waals surface area contributed by atoms with Crippen LogP contribution in [0.4, 0.5) is 167 Å². The first-order valence-electron chi connectivity index (χ1n) is 44.4. The van der Waals surface area contributed by atoms with Gasteiger partial charge in [-0.25, -0.2) is 33.6 Å². The van der Waals surface area contributed by atoms with Gasteiger partial charge in [-0.15, -0.1) is 0 Å². The zero-order chi connectivity index (χ0) is 116. The van der Waals surface area contributed by atoms with E-state index in [9.17, 15) is 224 Å². The predicted octanol–water partition coefficient (Wildman–Crippen LogP) is 22.6.